The van der Waals surface area contributed by atoms with E-state index >= 15 is 0 Å². The summed E-state index contributed by atoms with van der Waals surface area (Å²) >= 11 is 0. The molecular formula is C24H24FN3O3. The van der Waals surface area contributed by atoms with Crippen LogP contribution >= 0.6 is 0 Å². The van der Waals surface area contributed by atoms with Gasteiger partial charge in [-0.05, 0) is 61.4 Å². The lowest BCUT2D eigenvalue weighted by molar-refractivity contribution is -0.126. The van der Waals surface area contributed by atoms with Gasteiger partial charge in [0.25, 0.3) is 5.91 Å². The second-order valence-electron chi connectivity index (χ2n) is 7.00. The van der Waals surface area contributed by atoms with Crippen LogP contribution in [0.4, 0.5) is 10.1 Å². The molecule has 0 spiro atoms. The molecule has 0 aromatic heterocycles. The number of halogens is 1. The zero-order chi connectivity index (χ0) is 22.2. The lowest BCUT2D eigenvalue weighted by Gasteiger charge is -2.12. The summed E-state index contributed by atoms with van der Waals surface area (Å²) in [7, 11) is 0. The molecule has 31 heavy (non-hydrogen) atoms. The molecule has 1 unspecified atom stereocenters. The van der Waals surface area contributed by atoms with Crippen LogP contribution in [0.2, 0.25) is 0 Å². The lowest BCUT2D eigenvalue weighted by atomic mass is 10.2. The second kappa shape index (κ2) is 10.2. The molecule has 3 aromatic carbocycles. The van der Waals surface area contributed by atoms with Crippen molar-refractivity contribution in [3.63, 3.8) is 0 Å². The van der Waals surface area contributed by atoms with E-state index in [1.807, 2.05) is 30.3 Å². The standard InChI is InChI=1S/C24H24FN3O3/c1-16-8-13-22(21(25)14-16)27-24(29)17(2)31-28-23(26)19-9-11-20(12-10-19)30-15-18-6-4-3-5-7-18/h3-14,17H,15H2,1-2H3,(H2,26,28)(H,27,29). The highest BCUT2D eigenvalue weighted by Crippen LogP contribution is 2.16. The van der Waals surface area contributed by atoms with Crippen molar-refractivity contribution in [3.05, 3.63) is 95.3 Å². The van der Waals surface area contributed by atoms with Crippen molar-refractivity contribution in [2.75, 3.05) is 5.32 Å². The van der Waals surface area contributed by atoms with Crippen molar-refractivity contribution >= 4 is 17.4 Å². The van der Waals surface area contributed by atoms with Crippen LogP contribution in [0.3, 0.4) is 0 Å². The number of nitrogens with two attached hydrogens (primary N) is 1. The Morgan fingerprint density at radius 3 is 2.48 bits per heavy atom. The van der Waals surface area contributed by atoms with E-state index in [0.717, 1.165) is 11.1 Å². The van der Waals surface area contributed by atoms with Crippen LogP contribution in [0, 0.1) is 12.7 Å². The van der Waals surface area contributed by atoms with Gasteiger partial charge < -0.3 is 20.6 Å². The van der Waals surface area contributed by atoms with Crippen molar-refractivity contribution < 1.29 is 18.8 Å². The van der Waals surface area contributed by atoms with Crippen molar-refractivity contribution in [2.24, 2.45) is 10.9 Å². The van der Waals surface area contributed by atoms with E-state index in [-0.39, 0.29) is 11.5 Å². The number of carbonyl (C=O) groups excluding carboxylic acids is 1. The summed E-state index contributed by atoms with van der Waals surface area (Å²) in [6.45, 7) is 3.72. The molecule has 0 saturated heterocycles. The van der Waals surface area contributed by atoms with Crippen LogP contribution in [0.1, 0.15) is 23.6 Å². The molecule has 7 heteroatoms. The third-order valence-corrected chi connectivity index (χ3v) is 4.46. The normalized spacial score (nSPS) is 12.2. The van der Waals surface area contributed by atoms with E-state index < -0.39 is 17.8 Å². The maximum absolute atomic E-state index is 13.9. The van der Waals surface area contributed by atoms with E-state index in [0.29, 0.717) is 17.9 Å². The summed E-state index contributed by atoms with van der Waals surface area (Å²) in [6, 6.07) is 21.4. The molecule has 1 atom stereocenters. The number of hydrogen-bond donors (Lipinski definition) is 2. The van der Waals surface area contributed by atoms with Crippen LogP contribution in [0.5, 0.6) is 5.75 Å². The predicted molar refractivity (Wildman–Crippen MR) is 118 cm³/mol. The van der Waals surface area contributed by atoms with Crippen LogP contribution < -0.4 is 15.8 Å². The van der Waals surface area contributed by atoms with Gasteiger partial charge in [0, 0.05) is 5.56 Å². The number of carbonyl (C=O) groups is 1. The summed E-state index contributed by atoms with van der Waals surface area (Å²) in [5, 5.41) is 6.29. The third-order valence-electron chi connectivity index (χ3n) is 4.46. The molecule has 0 fully saturated rings. The first-order valence-corrected chi connectivity index (χ1v) is 9.76. The number of aryl methyl sites for hydroxylation is 1. The fourth-order valence-corrected chi connectivity index (χ4v) is 2.66. The largest absolute Gasteiger partial charge is 0.489 e. The van der Waals surface area contributed by atoms with Crippen molar-refractivity contribution in [3.8, 4) is 5.75 Å². The Morgan fingerprint density at radius 2 is 1.81 bits per heavy atom. The summed E-state index contributed by atoms with van der Waals surface area (Å²) in [5.41, 5.74) is 8.46. The minimum Gasteiger partial charge on any atom is -0.489 e. The monoisotopic (exact) mass is 421 g/mol. The summed E-state index contributed by atoms with van der Waals surface area (Å²) in [6.07, 6.45) is -0.965. The highest BCUT2D eigenvalue weighted by atomic mass is 19.1. The number of anilines is 1. The number of benzene rings is 3. The minimum absolute atomic E-state index is 0.0779. The van der Waals surface area contributed by atoms with E-state index in [1.165, 1.54) is 19.1 Å². The third kappa shape index (κ3) is 6.30. The molecule has 3 N–H and O–H groups in total. The average Bonchev–Trinajstić information content (AvgIpc) is 2.78. The number of amides is 1. The molecule has 0 heterocycles. The SMILES string of the molecule is Cc1ccc(NC(=O)C(C)O/N=C(\N)c2ccc(OCc3ccccc3)cc2)c(F)c1. The zero-order valence-corrected chi connectivity index (χ0v) is 17.3. The minimum atomic E-state index is -0.965. The van der Waals surface area contributed by atoms with Gasteiger partial charge in [-0.15, -0.1) is 0 Å². The Bertz CT molecular complexity index is 1050. The summed E-state index contributed by atoms with van der Waals surface area (Å²) in [5.74, 6) is -0.257. The maximum atomic E-state index is 13.9. The van der Waals surface area contributed by atoms with Gasteiger partial charge in [0.1, 0.15) is 18.2 Å². The van der Waals surface area contributed by atoms with E-state index in [1.54, 1.807) is 37.3 Å². The van der Waals surface area contributed by atoms with Gasteiger partial charge in [-0.2, -0.15) is 0 Å². The highest BCUT2D eigenvalue weighted by molar-refractivity contribution is 5.97. The van der Waals surface area contributed by atoms with Crippen LogP contribution in [-0.4, -0.2) is 17.8 Å². The van der Waals surface area contributed by atoms with Gasteiger partial charge >= 0.3 is 0 Å². The average molecular weight is 421 g/mol. The molecule has 6 nitrogen and oxygen atoms in total. The first-order chi connectivity index (χ1) is 14.9. The molecule has 1 amide bonds. The molecule has 0 bridgehead atoms. The number of amidine groups is 1. The Kier molecular flexibility index (Phi) is 7.22. The van der Waals surface area contributed by atoms with Crippen LogP contribution in [-0.2, 0) is 16.2 Å². The van der Waals surface area contributed by atoms with E-state index in [4.69, 9.17) is 15.3 Å². The Balaban J connectivity index is 1.53. The molecule has 0 radical (unpaired) electrons. The van der Waals surface area contributed by atoms with Gasteiger partial charge in [-0.25, -0.2) is 4.39 Å². The quantitative estimate of drug-likeness (QED) is 0.321. The zero-order valence-electron chi connectivity index (χ0n) is 17.3. The number of nitrogens with one attached hydrogen (secondary N) is 1. The molecule has 3 aromatic rings. The number of rotatable bonds is 8. The Hall–Kier alpha value is -3.87. The van der Waals surface area contributed by atoms with Crippen LogP contribution in [0.15, 0.2) is 78.0 Å². The summed E-state index contributed by atoms with van der Waals surface area (Å²) in [4.78, 5) is 17.4. The molecule has 0 aliphatic carbocycles. The molecule has 0 saturated carbocycles. The topological polar surface area (TPSA) is 85.9 Å². The molecule has 160 valence electrons. The molecular weight excluding hydrogens is 397 g/mol. The van der Waals surface area contributed by atoms with Gasteiger partial charge in [-0.3, -0.25) is 4.79 Å². The van der Waals surface area contributed by atoms with Crippen LogP contribution in [0.25, 0.3) is 0 Å². The van der Waals surface area contributed by atoms with E-state index in [2.05, 4.69) is 10.5 Å². The fourth-order valence-electron chi connectivity index (χ4n) is 2.66. The predicted octanol–water partition coefficient (Wildman–Crippen LogP) is 4.38. The number of nitrogens with zero attached hydrogens (tertiary/aromatic N) is 1. The number of ether oxygens (including phenoxy) is 1. The fraction of sp³-hybridized carbons (Fsp3) is 0.167. The van der Waals surface area contributed by atoms with E-state index in [9.17, 15) is 9.18 Å². The lowest BCUT2D eigenvalue weighted by Crippen LogP contribution is -2.28. The second-order valence-corrected chi connectivity index (χ2v) is 7.00. The smallest absolute Gasteiger partial charge is 0.268 e. The first-order valence-electron chi connectivity index (χ1n) is 9.76. The van der Waals surface area contributed by atoms with Gasteiger partial charge in [0.2, 0.25) is 6.10 Å². The number of oxime groups is 1. The van der Waals surface area contributed by atoms with Gasteiger partial charge in [0.15, 0.2) is 5.84 Å². The van der Waals surface area contributed by atoms with Crippen molar-refractivity contribution in [2.45, 2.75) is 26.6 Å². The highest BCUT2D eigenvalue weighted by Gasteiger charge is 2.16. The van der Waals surface area contributed by atoms with Gasteiger partial charge in [0.05, 0.1) is 5.69 Å². The molecule has 0 aliphatic heterocycles. The Labute approximate surface area is 180 Å². The molecule has 3 rings (SSSR count). The maximum Gasteiger partial charge on any atom is 0.268 e. The number of hydrogen-bond acceptors (Lipinski definition) is 4. The van der Waals surface area contributed by atoms with Gasteiger partial charge in [-0.1, -0.05) is 41.6 Å². The van der Waals surface area contributed by atoms with Crippen molar-refractivity contribution in [1.82, 2.24) is 0 Å². The Morgan fingerprint density at radius 1 is 1.10 bits per heavy atom. The van der Waals surface area contributed by atoms with Crippen molar-refractivity contribution in [1.29, 1.82) is 0 Å². The molecule has 0 aliphatic rings. The summed E-state index contributed by atoms with van der Waals surface area (Å²) < 4.78 is 19.6. The first kappa shape index (κ1) is 21.8.